The Labute approximate surface area is 121 Å². The molecular formula is C12H16N4O2S2. The average molecular weight is 312 g/mol. The Bertz CT molecular complexity index is 686. The Morgan fingerprint density at radius 2 is 2.25 bits per heavy atom. The summed E-state index contributed by atoms with van der Waals surface area (Å²) in [4.78, 5) is 4.58. The number of hydrogen-bond acceptors (Lipinski definition) is 5. The maximum Gasteiger partial charge on any atom is 0.247 e. The summed E-state index contributed by atoms with van der Waals surface area (Å²) in [5.41, 5.74) is 1.11. The number of nitrogens with one attached hydrogen (secondary N) is 1. The number of hydrogen-bond donors (Lipinski definition) is 1. The van der Waals surface area contributed by atoms with Gasteiger partial charge in [-0.25, -0.2) is 13.4 Å². The molecule has 0 bridgehead atoms. The van der Waals surface area contributed by atoms with Gasteiger partial charge in [0.1, 0.15) is 9.90 Å². The molecule has 0 spiro atoms. The zero-order chi connectivity index (χ0) is 14.3. The van der Waals surface area contributed by atoms with E-state index in [0.717, 1.165) is 17.8 Å². The van der Waals surface area contributed by atoms with E-state index in [0.29, 0.717) is 22.8 Å². The number of aromatic amines is 1. The highest BCUT2D eigenvalue weighted by atomic mass is 32.2. The van der Waals surface area contributed by atoms with Gasteiger partial charge in [0.05, 0.1) is 17.4 Å². The number of H-pyrrole nitrogens is 1. The molecule has 0 aliphatic carbocycles. The third kappa shape index (κ3) is 2.07. The molecule has 0 amide bonds. The predicted molar refractivity (Wildman–Crippen MR) is 76.0 cm³/mol. The van der Waals surface area contributed by atoms with Crippen molar-refractivity contribution in [2.24, 2.45) is 0 Å². The van der Waals surface area contributed by atoms with Crippen LogP contribution in [0.5, 0.6) is 0 Å². The Kier molecular flexibility index (Phi) is 3.39. The standard InChI is InChI=1S/C12H16N4O2S2/c1-8-11(9(2)15-14-8)20(17,18)16-6-3-4-10(16)12-13-5-7-19-12/h5,7,10H,3-4,6H2,1-2H3,(H,14,15). The molecule has 1 atom stereocenters. The first-order valence-corrected chi connectivity index (χ1v) is 8.76. The van der Waals surface area contributed by atoms with Crippen LogP contribution in [0.15, 0.2) is 16.5 Å². The van der Waals surface area contributed by atoms with Crippen molar-refractivity contribution in [2.75, 3.05) is 6.54 Å². The topological polar surface area (TPSA) is 79.0 Å². The number of thiazole rings is 1. The molecule has 0 saturated carbocycles. The van der Waals surface area contributed by atoms with Crippen molar-refractivity contribution in [3.8, 4) is 0 Å². The van der Waals surface area contributed by atoms with Crippen molar-refractivity contribution in [1.29, 1.82) is 0 Å². The molecule has 1 aliphatic rings. The molecule has 1 aliphatic heterocycles. The summed E-state index contributed by atoms with van der Waals surface area (Å²) in [7, 11) is -3.53. The van der Waals surface area contributed by atoms with Crippen LogP contribution in [0.3, 0.4) is 0 Å². The van der Waals surface area contributed by atoms with E-state index in [-0.39, 0.29) is 6.04 Å². The fourth-order valence-electron chi connectivity index (χ4n) is 2.71. The highest BCUT2D eigenvalue weighted by molar-refractivity contribution is 7.89. The number of aromatic nitrogens is 3. The van der Waals surface area contributed by atoms with Crippen molar-refractivity contribution in [3.05, 3.63) is 28.0 Å². The van der Waals surface area contributed by atoms with Crippen LogP contribution in [0.25, 0.3) is 0 Å². The molecule has 0 radical (unpaired) electrons. The predicted octanol–water partition coefficient (Wildman–Crippen LogP) is 2.01. The zero-order valence-electron chi connectivity index (χ0n) is 11.3. The lowest BCUT2D eigenvalue weighted by atomic mass is 10.2. The van der Waals surface area contributed by atoms with Crippen molar-refractivity contribution in [1.82, 2.24) is 19.5 Å². The van der Waals surface area contributed by atoms with E-state index >= 15 is 0 Å². The Hall–Kier alpha value is -1.25. The number of aryl methyl sites for hydroxylation is 2. The first-order valence-electron chi connectivity index (χ1n) is 6.44. The van der Waals surface area contributed by atoms with Crippen molar-refractivity contribution in [3.63, 3.8) is 0 Å². The minimum Gasteiger partial charge on any atom is -0.281 e. The number of rotatable bonds is 3. The largest absolute Gasteiger partial charge is 0.281 e. The second kappa shape index (κ2) is 4.94. The van der Waals surface area contributed by atoms with Crippen molar-refractivity contribution in [2.45, 2.75) is 37.6 Å². The Morgan fingerprint density at radius 3 is 2.85 bits per heavy atom. The molecule has 108 valence electrons. The molecular weight excluding hydrogens is 296 g/mol. The van der Waals surface area contributed by atoms with Gasteiger partial charge in [-0.1, -0.05) is 0 Å². The molecule has 6 nitrogen and oxygen atoms in total. The molecule has 3 rings (SSSR count). The lowest BCUT2D eigenvalue weighted by molar-refractivity contribution is 0.395. The molecule has 2 aromatic rings. The van der Waals surface area contributed by atoms with E-state index in [1.165, 1.54) is 11.3 Å². The normalized spacial score (nSPS) is 20.6. The van der Waals surface area contributed by atoms with Crippen LogP contribution in [0, 0.1) is 13.8 Å². The van der Waals surface area contributed by atoms with Gasteiger partial charge in [-0.15, -0.1) is 11.3 Å². The quantitative estimate of drug-likeness (QED) is 0.940. The third-order valence-electron chi connectivity index (χ3n) is 3.57. The van der Waals surface area contributed by atoms with Crippen LogP contribution < -0.4 is 0 Å². The first kappa shape index (κ1) is 13.7. The number of sulfonamides is 1. The summed E-state index contributed by atoms with van der Waals surface area (Å²) < 4.78 is 27.3. The van der Waals surface area contributed by atoms with Gasteiger partial charge >= 0.3 is 0 Å². The third-order valence-corrected chi connectivity index (χ3v) is 6.62. The minimum atomic E-state index is -3.53. The van der Waals surface area contributed by atoms with Crippen LogP contribution in [0.1, 0.15) is 35.3 Å². The van der Waals surface area contributed by atoms with Crippen LogP contribution >= 0.6 is 11.3 Å². The molecule has 1 fully saturated rings. The zero-order valence-corrected chi connectivity index (χ0v) is 13.0. The van der Waals surface area contributed by atoms with Crippen LogP contribution in [-0.2, 0) is 10.0 Å². The van der Waals surface area contributed by atoms with Gasteiger partial charge in [0.2, 0.25) is 10.0 Å². The Morgan fingerprint density at radius 1 is 1.45 bits per heavy atom. The molecule has 1 N–H and O–H groups in total. The van der Waals surface area contributed by atoms with Crippen LogP contribution in [-0.4, -0.2) is 34.4 Å². The van der Waals surface area contributed by atoms with Gasteiger partial charge < -0.3 is 0 Å². The van der Waals surface area contributed by atoms with E-state index in [2.05, 4.69) is 15.2 Å². The second-order valence-electron chi connectivity index (χ2n) is 4.91. The smallest absolute Gasteiger partial charge is 0.247 e. The highest BCUT2D eigenvalue weighted by Crippen LogP contribution is 2.38. The molecule has 1 saturated heterocycles. The van der Waals surface area contributed by atoms with E-state index in [1.54, 1.807) is 24.3 Å². The second-order valence-corrected chi connectivity index (χ2v) is 7.66. The SMILES string of the molecule is Cc1n[nH]c(C)c1S(=O)(=O)N1CCCC1c1nccs1. The highest BCUT2D eigenvalue weighted by Gasteiger charge is 2.39. The number of nitrogens with zero attached hydrogens (tertiary/aromatic N) is 3. The van der Waals surface area contributed by atoms with E-state index < -0.39 is 10.0 Å². The van der Waals surface area contributed by atoms with Crippen molar-refractivity contribution >= 4 is 21.4 Å². The summed E-state index contributed by atoms with van der Waals surface area (Å²) in [5.74, 6) is 0. The summed E-state index contributed by atoms with van der Waals surface area (Å²) in [5, 5.41) is 9.49. The van der Waals surface area contributed by atoms with Gasteiger partial charge in [0.15, 0.2) is 0 Å². The lowest BCUT2D eigenvalue weighted by Crippen LogP contribution is -2.31. The Balaban J connectivity index is 2.03. The van der Waals surface area contributed by atoms with Crippen LogP contribution in [0.4, 0.5) is 0 Å². The van der Waals surface area contributed by atoms with Crippen molar-refractivity contribution < 1.29 is 8.42 Å². The minimum absolute atomic E-state index is 0.145. The monoisotopic (exact) mass is 312 g/mol. The summed E-state index contributed by atoms with van der Waals surface area (Å²) in [6.45, 7) is 3.99. The van der Waals surface area contributed by atoms with E-state index in [1.807, 2.05) is 5.38 Å². The maximum atomic E-state index is 12.9. The van der Waals surface area contributed by atoms with Gasteiger partial charge in [-0.3, -0.25) is 5.10 Å². The first-order chi connectivity index (χ1) is 9.51. The fraction of sp³-hybridized carbons (Fsp3) is 0.500. The van der Waals surface area contributed by atoms with E-state index in [9.17, 15) is 8.42 Å². The molecule has 20 heavy (non-hydrogen) atoms. The molecule has 8 heteroatoms. The van der Waals surface area contributed by atoms with Crippen LogP contribution in [0.2, 0.25) is 0 Å². The van der Waals surface area contributed by atoms with Gasteiger partial charge in [-0.05, 0) is 26.7 Å². The lowest BCUT2D eigenvalue weighted by Gasteiger charge is -2.22. The van der Waals surface area contributed by atoms with Gasteiger partial charge in [0, 0.05) is 18.1 Å². The summed E-state index contributed by atoms with van der Waals surface area (Å²) >= 11 is 1.51. The maximum absolute atomic E-state index is 12.9. The fourth-order valence-corrected chi connectivity index (χ4v) is 5.56. The van der Waals surface area contributed by atoms with E-state index in [4.69, 9.17) is 0 Å². The summed E-state index contributed by atoms with van der Waals surface area (Å²) in [6.07, 6.45) is 3.40. The summed E-state index contributed by atoms with van der Waals surface area (Å²) in [6, 6.07) is -0.145. The van der Waals surface area contributed by atoms with Gasteiger partial charge in [-0.2, -0.15) is 9.40 Å². The molecule has 3 heterocycles. The molecule has 2 aromatic heterocycles. The molecule has 1 unspecified atom stereocenters. The van der Waals surface area contributed by atoms with Gasteiger partial charge in [0.25, 0.3) is 0 Å². The average Bonchev–Trinajstić information content (AvgIpc) is 3.08. The molecule has 0 aromatic carbocycles.